The third-order valence-corrected chi connectivity index (χ3v) is 4.50. The number of pyridine rings is 1. The van der Waals surface area contributed by atoms with E-state index in [1.165, 1.54) is 6.92 Å². The number of anilines is 1. The number of carboxylic acids is 1. The smallest absolute Gasteiger partial charge is 0.413 e. The van der Waals surface area contributed by atoms with E-state index in [4.69, 9.17) is 19.3 Å². The highest BCUT2D eigenvalue weighted by molar-refractivity contribution is 5.83. The maximum absolute atomic E-state index is 11.6. The molecule has 1 saturated heterocycles. The lowest BCUT2D eigenvalue weighted by Gasteiger charge is -2.24. The van der Waals surface area contributed by atoms with Gasteiger partial charge in [-0.2, -0.15) is 0 Å². The van der Waals surface area contributed by atoms with Crippen LogP contribution in [-0.2, 0) is 35.0 Å². The van der Waals surface area contributed by atoms with E-state index in [2.05, 4.69) is 10.3 Å². The van der Waals surface area contributed by atoms with Gasteiger partial charge >= 0.3 is 24.0 Å². The van der Waals surface area contributed by atoms with E-state index < -0.39 is 29.6 Å². The molecule has 3 unspecified atom stereocenters. The van der Waals surface area contributed by atoms with E-state index >= 15 is 0 Å². The van der Waals surface area contributed by atoms with Gasteiger partial charge in [0.2, 0.25) is 0 Å². The van der Waals surface area contributed by atoms with Crippen LogP contribution in [0.2, 0.25) is 0 Å². The standard InChI is InChI=1S/C14H18N2O4.C9H16O4/c1-14(2,3)20-13(18)16-11-5-4-9(7-15-11)6-10-8-19-12(10)17;1-4-7(3)13-8(10)5-6(2)9(11)12/h4-5,7,10H,6,8H2,1-3H3,(H,15,16,18);6-7H,4-5H2,1-3H3,(H,11,12). The molecule has 0 aromatic carbocycles. The molecule has 0 saturated carbocycles. The molecular formula is C23H34N2O8. The summed E-state index contributed by atoms with van der Waals surface area (Å²) in [4.78, 5) is 48.2. The van der Waals surface area contributed by atoms with Crippen molar-refractivity contribution >= 4 is 29.8 Å². The summed E-state index contributed by atoms with van der Waals surface area (Å²) in [5.74, 6) is -1.90. The summed E-state index contributed by atoms with van der Waals surface area (Å²) in [6, 6.07) is 3.51. The average molecular weight is 467 g/mol. The predicted octanol–water partition coefficient (Wildman–Crippen LogP) is 3.58. The van der Waals surface area contributed by atoms with Gasteiger partial charge in [-0.3, -0.25) is 19.7 Å². The number of rotatable bonds is 8. The predicted molar refractivity (Wildman–Crippen MR) is 120 cm³/mol. The molecule has 0 aliphatic carbocycles. The minimum absolute atomic E-state index is 0.0559. The Balaban J connectivity index is 0.000000366. The Labute approximate surface area is 194 Å². The first-order chi connectivity index (χ1) is 15.3. The van der Waals surface area contributed by atoms with Crippen molar-refractivity contribution in [1.82, 2.24) is 4.98 Å². The highest BCUT2D eigenvalue weighted by Gasteiger charge is 2.30. The molecule has 2 N–H and O–H groups in total. The molecule has 1 aromatic rings. The van der Waals surface area contributed by atoms with Crippen molar-refractivity contribution in [1.29, 1.82) is 0 Å². The Bertz CT molecular complexity index is 817. The molecule has 33 heavy (non-hydrogen) atoms. The van der Waals surface area contributed by atoms with Gasteiger partial charge in [-0.1, -0.05) is 19.9 Å². The van der Waals surface area contributed by atoms with Gasteiger partial charge in [0.05, 0.1) is 24.4 Å². The minimum Gasteiger partial charge on any atom is -0.481 e. The number of carbonyl (C=O) groups is 4. The summed E-state index contributed by atoms with van der Waals surface area (Å²) < 4.78 is 14.7. The molecule has 3 atom stereocenters. The lowest BCUT2D eigenvalue weighted by Crippen LogP contribution is -2.36. The number of amides is 1. The van der Waals surface area contributed by atoms with Gasteiger partial charge in [0, 0.05) is 6.20 Å². The summed E-state index contributed by atoms with van der Waals surface area (Å²) >= 11 is 0. The second kappa shape index (κ2) is 12.8. The molecule has 0 bridgehead atoms. The van der Waals surface area contributed by atoms with Gasteiger partial charge in [-0.15, -0.1) is 0 Å². The number of aliphatic carboxylic acids is 1. The van der Waals surface area contributed by atoms with Crippen LogP contribution in [0.4, 0.5) is 10.6 Å². The summed E-state index contributed by atoms with van der Waals surface area (Å²) in [6.45, 7) is 11.0. The molecule has 0 spiro atoms. The molecule has 184 valence electrons. The fraction of sp³-hybridized carbons (Fsp3) is 0.609. The van der Waals surface area contributed by atoms with Gasteiger partial charge < -0.3 is 19.3 Å². The zero-order valence-corrected chi connectivity index (χ0v) is 20.0. The van der Waals surface area contributed by atoms with E-state index in [1.807, 2.05) is 13.0 Å². The van der Waals surface area contributed by atoms with Crippen LogP contribution in [0.1, 0.15) is 59.9 Å². The monoisotopic (exact) mass is 466 g/mol. The van der Waals surface area contributed by atoms with Crippen LogP contribution in [0.15, 0.2) is 18.3 Å². The minimum atomic E-state index is -0.971. The van der Waals surface area contributed by atoms with E-state index in [1.54, 1.807) is 40.0 Å². The summed E-state index contributed by atoms with van der Waals surface area (Å²) in [6.07, 6.45) is 2.26. The van der Waals surface area contributed by atoms with Gasteiger partial charge in [0.25, 0.3) is 0 Å². The molecule has 10 heteroatoms. The molecule has 1 amide bonds. The van der Waals surface area contributed by atoms with Crippen molar-refractivity contribution in [3.63, 3.8) is 0 Å². The first-order valence-corrected chi connectivity index (χ1v) is 10.8. The van der Waals surface area contributed by atoms with Crippen molar-refractivity contribution in [2.45, 2.75) is 72.5 Å². The van der Waals surface area contributed by atoms with Crippen LogP contribution < -0.4 is 5.32 Å². The molecule has 1 fully saturated rings. The number of aromatic nitrogens is 1. The average Bonchev–Trinajstić information content (AvgIpc) is 2.70. The number of hydrogen-bond acceptors (Lipinski definition) is 8. The number of nitrogens with zero attached hydrogens (tertiary/aromatic N) is 1. The quantitative estimate of drug-likeness (QED) is 0.434. The zero-order chi connectivity index (χ0) is 25.2. The molecule has 2 heterocycles. The third kappa shape index (κ3) is 11.3. The van der Waals surface area contributed by atoms with Crippen molar-refractivity contribution < 1.29 is 38.5 Å². The van der Waals surface area contributed by atoms with Crippen molar-refractivity contribution in [3.05, 3.63) is 23.9 Å². The Morgan fingerprint density at radius 1 is 1.27 bits per heavy atom. The zero-order valence-electron chi connectivity index (χ0n) is 20.0. The topological polar surface area (TPSA) is 141 Å². The van der Waals surface area contributed by atoms with Crippen LogP contribution >= 0.6 is 0 Å². The highest BCUT2D eigenvalue weighted by atomic mass is 16.6. The molecule has 1 aliphatic rings. The molecule has 0 radical (unpaired) electrons. The number of esters is 2. The first kappa shape index (κ1) is 27.9. The molecule has 1 aromatic heterocycles. The van der Waals surface area contributed by atoms with Gasteiger partial charge in [-0.25, -0.2) is 9.78 Å². The van der Waals surface area contributed by atoms with Crippen LogP contribution in [-0.4, -0.2) is 52.4 Å². The van der Waals surface area contributed by atoms with Crippen LogP contribution in [0.25, 0.3) is 0 Å². The lowest BCUT2D eigenvalue weighted by molar-refractivity contribution is -0.168. The van der Waals surface area contributed by atoms with E-state index in [0.29, 0.717) is 18.8 Å². The second-order valence-corrected chi connectivity index (χ2v) is 8.86. The largest absolute Gasteiger partial charge is 0.481 e. The fourth-order valence-electron chi connectivity index (χ4n) is 2.42. The molecule has 2 rings (SSSR count). The molecule has 1 aliphatic heterocycles. The van der Waals surface area contributed by atoms with Crippen LogP contribution in [0.3, 0.4) is 0 Å². The summed E-state index contributed by atoms with van der Waals surface area (Å²) in [7, 11) is 0. The number of nitrogens with one attached hydrogen (secondary N) is 1. The number of ether oxygens (including phenoxy) is 3. The van der Waals surface area contributed by atoms with Crippen molar-refractivity contribution in [3.8, 4) is 0 Å². The summed E-state index contributed by atoms with van der Waals surface area (Å²) in [5.41, 5.74) is 0.385. The SMILES string of the molecule is CC(C)(C)OC(=O)Nc1ccc(CC2COC2=O)cn1.CCC(C)OC(=O)CC(C)C(=O)O. The van der Waals surface area contributed by atoms with Crippen LogP contribution in [0, 0.1) is 11.8 Å². The Hall–Kier alpha value is -3.17. The first-order valence-electron chi connectivity index (χ1n) is 10.8. The third-order valence-electron chi connectivity index (χ3n) is 4.50. The van der Waals surface area contributed by atoms with Crippen LogP contribution in [0.5, 0.6) is 0 Å². The Kier molecular flexibility index (Phi) is 10.8. The van der Waals surface area contributed by atoms with Crippen molar-refractivity contribution in [2.75, 3.05) is 11.9 Å². The number of carboxylic acid groups (broad SMARTS) is 1. The van der Waals surface area contributed by atoms with E-state index in [-0.39, 0.29) is 24.4 Å². The second-order valence-electron chi connectivity index (χ2n) is 8.86. The Morgan fingerprint density at radius 2 is 1.94 bits per heavy atom. The molecule has 10 nitrogen and oxygen atoms in total. The highest BCUT2D eigenvalue weighted by Crippen LogP contribution is 2.19. The number of hydrogen-bond donors (Lipinski definition) is 2. The number of carbonyl (C=O) groups excluding carboxylic acids is 3. The molecular weight excluding hydrogens is 432 g/mol. The fourth-order valence-corrected chi connectivity index (χ4v) is 2.42. The van der Waals surface area contributed by atoms with Gasteiger partial charge in [-0.05, 0) is 52.2 Å². The summed E-state index contributed by atoms with van der Waals surface area (Å²) in [5, 5.41) is 11.1. The van der Waals surface area contributed by atoms with E-state index in [9.17, 15) is 19.2 Å². The van der Waals surface area contributed by atoms with E-state index in [0.717, 1.165) is 12.0 Å². The lowest BCUT2D eigenvalue weighted by atomic mass is 9.98. The number of cyclic esters (lactones) is 1. The van der Waals surface area contributed by atoms with Gasteiger partial charge in [0.15, 0.2) is 0 Å². The van der Waals surface area contributed by atoms with Crippen molar-refractivity contribution in [2.24, 2.45) is 11.8 Å². The maximum Gasteiger partial charge on any atom is 0.413 e. The Morgan fingerprint density at radius 3 is 2.36 bits per heavy atom. The van der Waals surface area contributed by atoms with Gasteiger partial charge in [0.1, 0.15) is 18.0 Å². The normalized spacial score (nSPS) is 16.7. The maximum atomic E-state index is 11.6.